The predicted octanol–water partition coefficient (Wildman–Crippen LogP) is 4.16. The third-order valence-corrected chi connectivity index (χ3v) is 3.42. The molecule has 1 aromatic heterocycles. The number of aryl methyl sites for hydroxylation is 1. The normalized spacial score (nSPS) is 10.7. The molecule has 2 aromatic rings. The van der Waals surface area contributed by atoms with E-state index in [9.17, 15) is 9.90 Å². The molecule has 0 aliphatic heterocycles. The van der Waals surface area contributed by atoms with Crippen LogP contribution in [0.4, 0.5) is 0 Å². The van der Waals surface area contributed by atoms with Crippen molar-refractivity contribution in [1.82, 2.24) is 9.97 Å². The molecule has 0 bridgehead atoms. The van der Waals surface area contributed by atoms with Gasteiger partial charge in [-0.05, 0) is 40.5 Å². The van der Waals surface area contributed by atoms with Gasteiger partial charge in [-0.3, -0.25) is 0 Å². The van der Waals surface area contributed by atoms with Gasteiger partial charge in [-0.2, -0.15) is 0 Å². The summed E-state index contributed by atoms with van der Waals surface area (Å²) in [5.74, 6) is 0.0176. The van der Waals surface area contributed by atoms with E-state index >= 15 is 0 Å². The van der Waals surface area contributed by atoms with Gasteiger partial charge in [-0.25, -0.2) is 14.8 Å². The quantitative estimate of drug-likeness (QED) is 0.895. The van der Waals surface area contributed by atoms with E-state index < -0.39 is 5.97 Å². The Morgan fingerprint density at radius 2 is 2.05 bits per heavy atom. The molecule has 0 aliphatic carbocycles. The molecule has 0 unspecified atom stereocenters. The van der Waals surface area contributed by atoms with Crippen molar-refractivity contribution in [3.05, 3.63) is 46.0 Å². The lowest BCUT2D eigenvalue weighted by Gasteiger charge is -2.11. The van der Waals surface area contributed by atoms with E-state index in [0.717, 1.165) is 10.0 Å². The fourth-order valence-corrected chi connectivity index (χ4v) is 2.27. The molecule has 1 heterocycles. The van der Waals surface area contributed by atoms with E-state index in [-0.39, 0.29) is 17.4 Å². The lowest BCUT2D eigenvalue weighted by Crippen LogP contribution is -2.08. The van der Waals surface area contributed by atoms with Crippen molar-refractivity contribution >= 4 is 21.9 Å². The molecule has 0 spiro atoms. The lowest BCUT2D eigenvalue weighted by atomic mass is 10.2. The second-order valence-electron chi connectivity index (χ2n) is 4.94. The maximum absolute atomic E-state index is 11.3. The van der Waals surface area contributed by atoms with Crippen LogP contribution in [0.25, 0.3) is 0 Å². The number of hydrogen-bond acceptors (Lipinski definition) is 4. The first-order chi connectivity index (χ1) is 9.88. The molecule has 1 N–H and O–H groups in total. The zero-order chi connectivity index (χ0) is 15.6. The van der Waals surface area contributed by atoms with Gasteiger partial charge in [-0.15, -0.1) is 0 Å². The lowest BCUT2D eigenvalue weighted by molar-refractivity contribution is 0.0686. The summed E-state index contributed by atoms with van der Waals surface area (Å²) < 4.78 is 6.38. The van der Waals surface area contributed by atoms with Crippen molar-refractivity contribution in [1.29, 1.82) is 0 Å². The molecule has 0 amide bonds. The molecule has 0 saturated carbocycles. The number of halogens is 1. The maximum Gasteiger partial charge on any atom is 0.358 e. The number of hydrogen-bond donors (Lipinski definition) is 1. The number of carboxylic acids is 1. The van der Waals surface area contributed by atoms with Crippen LogP contribution in [0.3, 0.4) is 0 Å². The summed E-state index contributed by atoms with van der Waals surface area (Å²) in [5, 5.41) is 9.28. The molecule has 2 rings (SSSR count). The molecule has 21 heavy (non-hydrogen) atoms. The fourth-order valence-electron chi connectivity index (χ4n) is 1.70. The second-order valence-corrected chi connectivity index (χ2v) is 5.79. The van der Waals surface area contributed by atoms with Gasteiger partial charge in [0.1, 0.15) is 11.6 Å². The molecule has 1 aromatic carbocycles. The molecule has 0 atom stereocenters. The maximum atomic E-state index is 11.3. The molecule has 5 nitrogen and oxygen atoms in total. The number of aromatic nitrogens is 2. The first kappa shape index (κ1) is 15.4. The Morgan fingerprint density at radius 1 is 1.33 bits per heavy atom. The van der Waals surface area contributed by atoms with Crippen molar-refractivity contribution in [3.63, 3.8) is 0 Å². The van der Waals surface area contributed by atoms with Gasteiger partial charge in [0.15, 0.2) is 11.4 Å². The Morgan fingerprint density at radius 3 is 2.62 bits per heavy atom. The number of aromatic carboxylic acids is 1. The van der Waals surface area contributed by atoms with Crippen LogP contribution in [-0.2, 0) is 0 Å². The number of ether oxygens (including phenoxy) is 1. The Balaban J connectivity index is 2.41. The zero-order valence-corrected chi connectivity index (χ0v) is 13.5. The van der Waals surface area contributed by atoms with Crippen molar-refractivity contribution in [2.45, 2.75) is 26.7 Å². The van der Waals surface area contributed by atoms with Crippen LogP contribution in [0.5, 0.6) is 11.5 Å². The van der Waals surface area contributed by atoms with E-state index in [1.54, 1.807) is 6.07 Å². The van der Waals surface area contributed by atoms with Crippen LogP contribution >= 0.6 is 15.9 Å². The van der Waals surface area contributed by atoms with Crippen LogP contribution in [0.1, 0.15) is 41.6 Å². The van der Waals surface area contributed by atoms with Crippen molar-refractivity contribution < 1.29 is 14.6 Å². The van der Waals surface area contributed by atoms with Gasteiger partial charge < -0.3 is 9.84 Å². The van der Waals surface area contributed by atoms with Gasteiger partial charge in [0.25, 0.3) is 0 Å². The Bertz CT molecular complexity index is 687. The summed E-state index contributed by atoms with van der Waals surface area (Å²) in [6.07, 6.45) is 1.40. The van der Waals surface area contributed by atoms with E-state index in [1.165, 1.54) is 6.20 Å². The van der Waals surface area contributed by atoms with Gasteiger partial charge in [0, 0.05) is 5.92 Å². The highest BCUT2D eigenvalue weighted by atomic mass is 79.9. The number of benzene rings is 1. The van der Waals surface area contributed by atoms with Crippen LogP contribution in [0, 0.1) is 6.92 Å². The molecule has 0 fully saturated rings. The standard InChI is InChI=1S/C15H15BrN2O3/c1-8(2)14-17-7-12(13(18-14)15(19)20)21-11-5-4-9(3)6-10(11)16/h4-8H,1-3H3,(H,19,20). The largest absolute Gasteiger partial charge is 0.476 e. The molecule has 110 valence electrons. The second kappa shape index (κ2) is 6.22. The highest BCUT2D eigenvalue weighted by Gasteiger charge is 2.18. The van der Waals surface area contributed by atoms with Crippen LogP contribution in [0.2, 0.25) is 0 Å². The van der Waals surface area contributed by atoms with Crippen LogP contribution in [0.15, 0.2) is 28.9 Å². The topological polar surface area (TPSA) is 72.3 Å². The summed E-state index contributed by atoms with van der Waals surface area (Å²) in [4.78, 5) is 19.6. The van der Waals surface area contributed by atoms with Crippen molar-refractivity contribution in [2.75, 3.05) is 0 Å². The average molecular weight is 351 g/mol. The minimum absolute atomic E-state index is 0.0447. The SMILES string of the molecule is Cc1ccc(Oc2cnc(C(C)C)nc2C(=O)O)c(Br)c1. The first-order valence-corrected chi connectivity index (χ1v) is 7.22. The average Bonchev–Trinajstić information content (AvgIpc) is 2.41. The van der Waals surface area contributed by atoms with Crippen LogP contribution in [-0.4, -0.2) is 21.0 Å². The monoisotopic (exact) mass is 350 g/mol. The number of carbonyl (C=O) groups is 1. The van der Waals surface area contributed by atoms with Gasteiger partial charge in [0.05, 0.1) is 10.7 Å². The number of rotatable bonds is 4. The minimum atomic E-state index is -1.14. The predicted molar refractivity (Wildman–Crippen MR) is 82.0 cm³/mol. The summed E-state index contributed by atoms with van der Waals surface area (Å²) in [7, 11) is 0. The molecular weight excluding hydrogens is 336 g/mol. The first-order valence-electron chi connectivity index (χ1n) is 6.42. The van der Waals surface area contributed by atoms with Crippen LogP contribution < -0.4 is 4.74 Å². The van der Waals surface area contributed by atoms with E-state index in [1.807, 2.05) is 32.9 Å². The fraction of sp³-hybridized carbons (Fsp3) is 0.267. The van der Waals surface area contributed by atoms with E-state index in [0.29, 0.717) is 11.6 Å². The molecular formula is C15H15BrN2O3. The highest BCUT2D eigenvalue weighted by Crippen LogP contribution is 2.31. The third-order valence-electron chi connectivity index (χ3n) is 2.80. The van der Waals surface area contributed by atoms with Gasteiger partial charge in [-0.1, -0.05) is 19.9 Å². The molecule has 0 aliphatic rings. The minimum Gasteiger partial charge on any atom is -0.476 e. The van der Waals surface area contributed by atoms with Crippen molar-refractivity contribution in [3.8, 4) is 11.5 Å². The van der Waals surface area contributed by atoms with E-state index in [2.05, 4.69) is 25.9 Å². The zero-order valence-electron chi connectivity index (χ0n) is 11.9. The Kier molecular flexibility index (Phi) is 4.57. The smallest absolute Gasteiger partial charge is 0.358 e. The van der Waals surface area contributed by atoms with Gasteiger partial charge in [0.2, 0.25) is 0 Å². The summed E-state index contributed by atoms with van der Waals surface area (Å²) >= 11 is 3.39. The summed E-state index contributed by atoms with van der Waals surface area (Å²) in [5.41, 5.74) is 0.931. The Labute approximate surface area is 131 Å². The van der Waals surface area contributed by atoms with Crippen molar-refractivity contribution in [2.24, 2.45) is 0 Å². The summed E-state index contributed by atoms with van der Waals surface area (Å²) in [6.45, 7) is 5.76. The summed E-state index contributed by atoms with van der Waals surface area (Å²) in [6, 6.07) is 5.53. The highest BCUT2D eigenvalue weighted by molar-refractivity contribution is 9.10. The Hall–Kier alpha value is -1.95. The van der Waals surface area contributed by atoms with Gasteiger partial charge >= 0.3 is 5.97 Å². The molecule has 0 saturated heterocycles. The number of nitrogens with zero attached hydrogens (tertiary/aromatic N) is 2. The molecule has 0 radical (unpaired) electrons. The molecule has 6 heteroatoms. The van der Waals surface area contributed by atoms with E-state index in [4.69, 9.17) is 4.74 Å². The number of carboxylic acid groups (broad SMARTS) is 1. The third kappa shape index (κ3) is 3.58.